The van der Waals surface area contributed by atoms with Crippen LogP contribution in [-0.4, -0.2) is 20.6 Å². The van der Waals surface area contributed by atoms with Crippen LogP contribution in [0.1, 0.15) is 40.6 Å². The molecule has 0 saturated heterocycles. The van der Waals surface area contributed by atoms with E-state index in [1.807, 2.05) is 69.3 Å². The number of esters is 1. The summed E-state index contributed by atoms with van der Waals surface area (Å²) in [5.74, 6) is 0.690. The lowest BCUT2D eigenvalue weighted by Gasteiger charge is -2.10. The van der Waals surface area contributed by atoms with Crippen molar-refractivity contribution in [1.82, 2.24) is 14.6 Å². The smallest absolute Gasteiger partial charge is 0.308 e. The fraction of sp³-hybridized carbons (Fsp3) is 0.167. The minimum atomic E-state index is -0.359. The van der Waals surface area contributed by atoms with E-state index in [2.05, 4.69) is 10.1 Å². The van der Waals surface area contributed by atoms with Crippen LogP contribution in [-0.2, 0) is 4.79 Å². The Balaban J connectivity index is 1.65. The van der Waals surface area contributed by atoms with Gasteiger partial charge >= 0.3 is 5.97 Å². The second-order valence-corrected chi connectivity index (χ2v) is 8.41. The Morgan fingerprint density at radius 2 is 1.71 bits per heavy atom. The number of carbonyl (C=O) groups excluding carboxylic acids is 1. The molecule has 0 N–H and O–H groups in total. The van der Waals surface area contributed by atoms with Crippen LogP contribution in [0, 0.1) is 20.8 Å². The Morgan fingerprint density at radius 1 is 1.03 bits per heavy atom. The first-order valence-electron chi connectivity index (χ1n) is 9.76. The fourth-order valence-electron chi connectivity index (χ4n) is 3.29. The summed E-state index contributed by atoms with van der Waals surface area (Å²) in [7, 11) is 0. The number of fused-ring (bicyclic) bond motifs is 1. The van der Waals surface area contributed by atoms with Gasteiger partial charge in [0.15, 0.2) is 5.82 Å². The van der Waals surface area contributed by atoms with E-state index >= 15 is 0 Å². The van der Waals surface area contributed by atoms with Crippen LogP contribution in [0.2, 0.25) is 0 Å². The molecule has 6 nitrogen and oxygen atoms in total. The quantitative estimate of drug-likeness (QED) is 0.364. The lowest BCUT2D eigenvalue weighted by atomic mass is 10.1. The largest absolute Gasteiger partial charge is 0.426 e. The average Bonchev–Trinajstić information content (AvgIpc) is 3.23. The number of hydrogen-bond acceptors (Lipinski definition) is 6. The van der Waals surface area contributed by atoms with E-state index in [1.165, 1.54) is 28.3 Å². The van der Waals surface area contributed by atoms with Crippen LogP contribution in [0.25, 0.3) is 23.2 Å². The maximum absolute atomic E-state index is 12.8. The molecule has 0 radical (unpaired) electrons. The van der Waals surface area contributed by atoms with Gasteiger partial charge in [0.25, 0.3) is 5.56 Å². The molecule has 0 saturated carbocycles. The molecular formula is C24H21N3O3S. The Bertz CT molecular complexity index is 1410. The molecule has 156 valence electrons. The van der Waals surface area contributed by atoms with Crippen LogP contribution in [0.3, 0.4) is 0 Å². The Labute approximate surface area is 183 Å². The number of benzene rings is 2. The van der Waals surface area contributed by atoms with Crippen molar-refractivity contribution in [3.05, 3.63) is 84.9 Å². The maximum atomic E-state index is 12.8. The molecule has 4 aromatic rings. The van der Waals surface area contributed by atoms with Crippen molar-refractivity contribution in [1.29, 1.82) is 0 Å². The Kier molecular flexibility index (Phi) is 5.52. The number of ether oxygens (including phenoxy) is 1. The second-order valence-electron chi connectivity index (χ2n) is 7.40. The van der Waals surface area contributed by atoms with E-state index in [1.54, 1.807) is 6.08 Å². The van der Waals surface area contributed by atoms with E-state index in [9.17, 15) is 9.59 Å². The number of aromatic nitrogens is 3. The van der Waals surface area contributed by atoms with Crippen LogP contribution >= 0.6 is 11.3 Å². The lowest BCUT2D eigenvalue weighted by Crippen LogP contribution is -2.23. The molecule has 0 amide bonds. The minimum absolute atomic E-state index is 0.207. The van der Waals surface area contributed by atoms with Gasteiger partial charge in [-0.15, -0.1) is 5.10 Å². The van der Waals surface area contributed by atoms with Crippen molar-refractivity contribution in [2.24, 2.45) is 0 Å². The van der Waals surface area contributed by atoms with Gasteiger partial charge in [0, 0.05) is 6.92 Å². The van der Waals surface area contributed by atoms with Crippen LogP contribution in [0.5, 0.6) is 5.75 Å². The molecule has 0 atom stereocenters. The van der Waals surface area contributed by atoms with Crippen molar-refractivity contribution >= 4 is 40.5 Å². The average molecular weight is 432 g/mol. The maximum Gasteiger partial charge on any atom is 0.308 e. The second kappa shape index (κ2) is 8.28. The first-order valence-corrected chi connectivity index (χ1v) is 10.6. The Hall–Kier alpha value is -3.58. The van der Waals surface area contributed by atoms with Crippen LogP contribution in [0.15, 0.2) is 41.2 Å². The number of hydrogen-bond donors (Lipinski definition) is 0. The molecule has 0 aliphatic rings. The van der Waals surface area contributed by atoms with Crippen molar-refractivity contribution in [3.8, 4) is 5.75 Å². The summed E-state index contributed by atoms with van der Waals surface area (Å²) < 4.78 is 7.15. The summed E-state index contributed by atoms with van der Waals surface area (Å²) in [4.78, 5) is 29.1. The molecule has 4 rings (SSSR count). The molecule has 0 bridgehead atoms. The third kappa shape index (κ3) is 4.46. The Morgan fingerprint density at radius 3 is 2.32 bits per heavy atom. The summed E-state index contributed by atoms with van der Waals surface area (Å²) in [6.07, 6.45) is 5.53. The molecule has 0 fully saturated rings. The molecule has 7 heteroatoms. The molecule has 2 aromatic heterocycles. The van der Waals surface area contributed by atoms with Crippen molar-refractivity contribution in [2.45, 2.75) is 27.7 Å². The van der Waals surface area contributed by atoms with Gasteiger partial charge in [0.05, 0.1) is 4.53 Å². The van der Waals surface area contributed by atoms with Gasteiger partial charge in [-0.3, -0.25) is 9.59 Å². The van der Waals surface area contributed by atoms with Gasteiger partial charge in [0.2, 0.25) is 4.96 Å². The minimum Gasteiger partial charge on any atom is -0.426 e. The third-order valence-corrected chi connectivity index (χ3v) is 5.69. The fourth-order valence-corrected chi connectivity index (χ4v) is 4.21. The van der Waals surface area contributed by atoms with Crippen LogP contribution < -0.4 is 14.8 Å². The van der Waals surface area contributed by atoms with Gasteiger partial charge in [0.1, 0.15) is 5.75 Å². The zero-order valence-corrected chi connectivity index (χ0v) is 18.5. The zero-order chi connectivity index (χ0) is 22.1. The van der Waals surface area contributed by atoms with E-state index in [-0.39, 0.29) is 11.5 Å². The van der Waals surface area contributed by atoms with Crippen LogP contribution in [0.4, 0.5) is 0 Å². The third-order valence-electron chi connectivity index (χ3n) is 4.73. The highest BCUT2D eigenvalue weighted by Gasteiger charge is 2.11. The predicted octanol–water partition coefficient (Wildman–Crippen LogP) is 3.72. The summed E-state index contributed by atoms with van der Waals surface area (Å²) in [5.41, 5.74) is 4.55. The molecule has 0 aliphatic carbocycles. The van der Waals surface area contributed by atoms with Gasteiger partial charge in [-0.05, 0) is 67.3 Å². The van der Waals surface area contributed by atoms with E-state index in [4.69, 9.17) is 4.74 Å². The number of carbonyl (C=O) groups is 1. The van der Waals surface area contributed by atoms with Crippen molar-refractivity contribution < 1.29 is 9.53 Å². The number of rotatable bonds is 4. The van der Waals surface area contributed by atoms with Crippen molar-refractivity contribution in [3.63, 3.8) is 0 Å². The molecule has 0 aliphatic heterocycles. The SMILES string of the molecule is CC(=O)Oc1c(C)cc(/C=c2/sc3nc(/C=C/c4ccc(C)cc4)nn3c2=O)cc1C. The molecule has 2 heterocycles. The van der Waals surface area contributed by atoms with Gasteiger partial charge in [-0.2, -0.15) is 9.50 Å². The highest BCUT2D eigenvalue weighted by Crippen LogP contribution is 2.25. The molecule has 31 heavy (non-hydrogen) atoms. The van der Waals surface area contributed by atoms with Gasteiger partial charge in [-0.1, -0.05) is 47.2 Å². The number of thiazole rings is 1. The molecule has 0 spiro atoms. The first kappa shape index (κ1) is 20.7. The van der Waals surface area contributed by atoms with Gasteiger partial charge < -0.3 is 4.74 Å². The van der Waals surface area contributed by atoms with Gasteiger partial charge in [-0.25, -0.2) is 0 Å². The zero-order valence-electron chi connectivity index (χ0n) is 17.7. The molecular weight excluding hydrogens is 410 g/mol. The standard InChI is InChI=1S/C24H21N3O3S/c1-14-5-7-18(8-6-14)9-10-21-25-24-27(26-21)23(29)20(31-24)13-19-11-15(2)22(16(3)12-19)30-17(4)28/h5-13H,1-4H3/b10-9+,20-13+. The highest BCUT2D eigenvalue weighted by atomic mass is 32.1. The summed E-state index contributed by atoms with van der Waals surface area (Å²) in [5, 5.41) is 4.33. The lowest BCUT2D eigenvalue weighted by molar-refractivity contribution is -0.131. The van der Waals surface area contributed by atoms with E-state index in [0.717, 1.165) is 22.3 Å². The topological polar surface area (TPSA) is 73.6 Å². The number of aryl methyl sites for hydroxylation is 3. The summed E-state index contributed by atoms with van der Waals surface area (Å²) in [6.45, 7) is 7.16. The highest BCUT2D eigenvalue weighted by molar-refractivity contribution is 7.15. The molecule has 2 aromatic carbocycles. The normalized spacial score (nSPS) is 12.2. The van der Waals surface area contributed by atoms with Crippen molar-refractivity contribution in [2.75, 3.05) is 0 Å². The molecule has 0 unspecified atom stereocenters. The monoisotopic (exact) mass is 431 g/mol. The van der Waals surface area contributed by atoms with E-state index < -0.39 is 0 Å². The first-order chi connectivity index (χ1) is 14.8. The summed E-state index contributed by atoms with van der Waals surface area (Å²) >= 11 is 1.29. The number of nitrogens with zero attached hydrogens (tertiary/aromatic N) is 3. The van der Waals surface area contributed by atoms with E-state index in [0.29, 0.717) is 21.1 Å². The summed E-state index contributed by atoms with van der Waals surface area (Å²) in [6, 6.07) is 11.9. The predicted molar refractivity (Wildman–Crippen MR) is 123 cm³/mol.